The first-order valence-corrected chi connectivity index (χ1v) is 7.26. The van der Waals surface area contributed by atoms with Gasteiger partial charge in [-0.05, 0) is 29.8 Å². The monoisotopic (exact) mass is 316 g/mol. The molecule has 3 nitrogen and oxygen atoms in total. The molecule has 0 aliphatic rings. The van der Waals surface area contributed by atoms with Crippen molar-refractivity contribution in [1.29, 1.82) is 5.26 Å². The van der Waals surface area contributed by atoms with E-state index in [9.17, 15) is 14.0 Å². The summed E-state index contributed by atoms with van der Waals surface area (Å²) in [5, 5.41) is 9.35. The summed E-state index contributed by atoms with van der Waals surface area (Å²) in [6.45, 7) is 0.174. The second kappa shape index (κ2) is 7.59. The van der Waals surface area contributed by atoms with E-state index in [0.717, 1.165) is 23.4 Å². The van der Waals surface area contributed by atoms with Crippen molar-refractivity contribution < 1.29 is 13.5 Å². The summed E-state index contributed by atoms with van der Waals surface area (Å²) in [7, 11) is 3.86. The Morgan fingerprint density at radius 3 is 2.61 bits per heavy atom. The number of ether oxygens (including phenoxy) is 1. The Kier molecular flexibility index (Phi) is 5.53. The van der Waals surface area contributed by atoms with Gasteiger partial charge in [-0.2, -0.15) is 5.26 Å². The van der Waals surface area contributed by atoms with Gasteiger partial charge in [-0.3, -0.25) is 0 Å². The van der Waals surface area contributed by atoms with Crippen LogP contribution >= 0.6 is 0 Å². The third kappa shape index (κ3) is 4.43. The number of anilines is 1. The molecule has 0 fully saturated rings. The molecule has 120 valence electrons. The molecule has 0 amide bonds. The minimum atomic E-state index is -0.742. The highest BCUT2D eigenvalue weighted by atomic mass is 19.1. The van der Waals surface area contributed by atoms with Crippen molar-refractivity contribution in [2.75, 3.05) is 25.6 Å². The second-order valence-electron chi connectivity index (χ2n) is 5.38. The highest BCUT2D eigenvalue weighted by Crippen LogP contribution is 2.24. The number of nitriles is 1. The van der Waals surface area contributed by atoms with Crippen LogP contribution in [-0.4, -0.2) is 20.7 Å². The highest BCUT2D eigenvalue weighted by Gasteiger charge is 2.13. The van der Waals surface area contributed by atoms with Crippen LogP contribution < -0.4 is 9.64 Å². The smallest absolute Gasteiger partial charge is 0.167 e. The van der Waals surface area contributed by atoms with E-state index in [0.29, 0.717) is 6.42 Å². The van der Waals surface area contributed by atoms with Crippen molar-refractivity contribution in [3.05, 3.63) is 59.7 Å². The molecular weight excluding hydrogens is 298 g/mol. The van der Waals surface area contributed by atoms with E-state index in [-0.39, 0.29) is 18.3 Å². The molecule has 0 saturated heterocycles. The average Bonchev–Trinajstić information content (AvgIpc) is 2.53. The maximum absolute atomic E-state index is 13.5. The predicted octanol–water partition coefficient (Wildman–Crippen LogP) is 4.11. The Morgan fingerprint density at radius 2 is 1.96 bits per heavy atom. The lowest BCUT2D eigenvalue weighted by Gasteiger charge is -2.16. The average molecular weight is 316 g/mol. The molecule has 2 aromatic carbocycles. The standard InChI is InChI=1S/C18H18F2N2O/c1-22(2)16-5-3-4-13(10-16)14(12-21)8-9-23-18-7-6-15(19)11-17(18)20/h3-7,10-11,14H,8-9H2,1-2H3. The molecule has 0 bridgehead atoms. The first-order chi connectivity index (χ1) is 11.0. The van der Waals surface area contributed by atoms with Gasteiger partial charge in [0.25, 0.3) is 0 Å². The summed E-state index contributed by atoms with van der Waals surface area (Å²) in [6, 6.07) is 13.1. The van der Waals surface area contributed by atoms with Gasteiger partial charge in [0, 0.05) is 32.3 Å². The van der Waals surface area contributed by atoms with E-state index in [1.807, 2.05) is 43.3 Å². The zero-order valence-electron chi connectivity index (χ0n) is 13.1. The summed E-state index contributed by atoms with van der Waals surface area (Å²) in [5.41, 5.74) is 1.90. The number of benzene rings is 2. The minimum Gasteiger partial charge on any atom is -0.490 e. The van der Waals surface area contributed by atoms with E-state index < -0.39 is 11.6 Å². The van der Waals surface area contributed by atoms with Crippen molar-refractivity contribution in [3.63, 3.8) is 0 Å². The molecular formula is C18H18F2N2O. The molecule has 0 aliphatic carbocycles. The predicted molar refractivity (Wildman–Crippen MR) is 85.6 cm³/mol. The lowest BCUT2D eigenvalue weighted by Crippen LogP contribution is -2.10. The summed E-state index contributed by atoms with van der Waals surface area (Å²) in [4.78, 5) is 1.96. The molecule has 0 spiro atoms. The van der Waals surface area contributed by atoms with Crippen LogP contribution in [-0.2, 0) is 0 Å². The van der Waals surface area contributed by atoms with Gasteiger partial charge in [-0.25, -0.2) is 8.78 Å². The second-order valence-corrected chi connectivity index (χ2v) is 5.38. The van der Waals surface area contributed by atoms with Crippen LogP contribution in [0, 0.1) is 23.0 Å². The van der Waals surface area contributed by atoms with Crippen LogP contribution in [0.15, 0.2) is 42.5 Å². The number of halogens is 2. The van der Waals surface area contributed by atoms with Crippen molar-refractivity contribution in [2.24, 2.45) is 0 Å². The summed E-state index contributed by atoms with van der Waals surface area (Å²) in [5.74, 6) is -1.75. The summed E-state index contributed by atoms with van der Waals surface area (Å²) in [6.07, 6.45) is 0.421. The third-order valence-corrected chi connectivity index (χ3v) is 3.50. The zero-order chi connectivity index (χ0) is 16.8. The Labute approximate surface area is 134 Å². The number of hydrogen-bond acceptors (Lipinski definition) is 3. The van der Waals surface area contributed by atoms with Crippen molar-refractivity contribution in [2.45, 2.75) is 12.3 Å². The molecule has 1 unspecified atom stereocenters. The van der Waals surface area contributed by atoms with Crippen LogP contribution in [0.2, 0.25) is 0 Å². The summed E-state index contributed by atoms with van der Waals surface area (Å²) >= 11 is 0. The van der Waals surface area contributed by atoms with Gasteiger partial charge < -0.3 is 9.64 Å². The van der Waals surface area contributed by atoms with Crippen LogP contribution in [0.4, 0.5) is 14.5 Å². The Morgan fingerprint density at radius 1 is 1.17 bits per heavy atom. The topological polar surface area (TPSA) is 36.3 Å². The van der Waals surface area contributed by atoms with Crippen molar-refractivity contribution in [1.82, 2.24) is 0 Å². The zero-order valence-corrected chi connectivity index (χ0v) is 13.1. The summed E-state index contributed by atoms with van der Waals surface area (Å²) < 4.78 is 31.6. The van der Waals surface area contributed by atoms with Gasteiger partial charge >= 0.3 is 0 Å². The van der Waals surface area contributed by atoms with Crippen LogP contribution in [0.25, 0.3) is 0 Å². The van der Waals surface area contributed by atoms with Gasteiger partial charge in [0.15, 0.2) is 11.6 Å². The highest BCUT2D eigenvalue weighted by molar-refractivity contribution is 5.48. The lowest BCUT2D eigenvalue weighted by molar-refractivity contribution is 0.290. The van der Waals surface area contributed by atoms with Gasteiger partial charge in [0.05, 0.1) is 18.6 Å². The van der Waals surface area contributed by atoms with Gasteiger partial charge in [0.1, 0.15) is 5.82 Å². The molecule has 0 saturated carbocycles. The fourth-order valence-corrected chi connectivity index (χ4v) is 2.20. The van der Waals surface area contributed by atoms with Crippen LogP contribution in [0.1, 0.15) is 17.9 Å². The SMILES string of the molecule is CN(C)c1cccc(C(C#N)CCOc2ccc(F)cc2F)c1. The molecule has 0 aliphatic heterocycles. The van der Waals surface area contributed by atoms with Crippen molar-refractivity contribution >= 4 is 5.69 Å². The number of hydrogen-bond donors (Lipinski definition) is 0. The molecule has 1 atom stereocenters. The van der Waals surface area contributed by atoms with Gasteiger partial charge in [-0.15, -0.1) is 0 Å². The van der Waals surface area contributed by atoms with Crippen LogP contribution in [0.3, 0.4) is 0 Å². The van der Waals surface area contributed by atoms with Gasteiger partial charge in [0.2, 0.25) is 0 Å². The van der Waals surface area contributed by atoms with E-state index in [1.165, 1.54) is 6.07 Å². The molecule has 0 heterocycles. The van der Waals surface area contributed by atoms with Crippen LogP contribution in [0.5, 0.6) is 5.75 Å². The van der Waals surface area contributed by atoms with E-state index in [2.05, 4.69) is 6.07 Å². The van der Waals surface area contributed by atoms with Crippen molar-refractivity contribution in [3.8, 4) is 11.8 Å². The molecule has 2 aromatic rings. The lowest BCUT2D eigenvalue weighted by atomic mass is 9.97. The number of nitrogens with zero attached hydrogens (tertiary/aromatic N) is 2. The minimum absolute atomic E-state index is 0.00914. The fourth-order valence-electron chi connectivity index (χ4n) is 2.20. The van der Waals surface area contributed by atoms with E-state index in [1.54, 1.807) is 0 Å². The fraction of sp³-hybridized carbons (Fsp3) is 0.278. The normalized spacial score (nSPS) is 11.6. The van der Waals surface area contributed by atoms with Gasteiger partial charge in [-0.1, -0.05) is 12.1 Å². The first kappa shape index (κ1) is 16.8. The molecule has 5 heteroatoms. The largest absolute Gasteiger partial charge is 0.490 e. The molecule has 0 aromatic heterocycles. The first-order valence-electron chi connectivity index (χ1n) is 7.26. The molecule has 0 N–H and O–H groups in total. The molecule has 0 radical (unpaired) electrons. The molecule has 23 heavy (non-hydrogen) atoms. The maximum atomic E-state index is 13.5. The Hall–Kier alpha value is -2.61. The number of rotatable bonds is 6. The Balaban J connectivity index is 2.00. The third-order valence-electron chi connectivity index (χ3n) is 3.50. The quantitative estimate of drug-likeness (QED) is 0.805. The maximum Gasteiger partial charge on any atom is 0.167 e. The van der Waals surface area contributed by atoms with E-state index >= 15 is 0 Å². The van der Waals surface area contributed by atoms with E-state index in [4.69, 9.17) is 4.74 Å². The molecule has 2 rings (SSSR count). The Bertz CT molecular complexity index is 710.